The molecule has 4 aliphatic rings. The van der Waals surface area contributed by atoms with Gasteiger partial charge >= 0.3 is 0 Å². The van der Waals surface area contributed by atoms with Crippen LogP contribution in [0.25, 0.3) is 0 Å². The highest BCUT2D eigenvalue weighted by molar-refractivity contribution is 5.94. The van der Waals surface area contributed by atoms with Crippen LogP contribution in [0.1, 0.15) is 49.8 Å². The molecule has 194 valence electrons. The molecule has 1 saturated carbocycles. The second-order valence-electron chi connectivity index (χ2n) is 11.6. The topological polar surface area (TPSA) is 62.2 Å². The van der Waals surface area contributed by atoms with Crippen LogP contribution in [-0.4, -0.2) is 71.8 Å². The van der Waals surface area contributed by atoms with Gasteiger partial charge in [0.1, 0.15) is 6.10 Å². The van der Waals surface area contributed by atoms with Crippen LogP contribution in [0.15, 0.2) is 42.5 Å². The van der Waals surface area contributed by atoms with Gasteiger partial charge in [0.25, 0.3) is 5.91 Å². The molecule has 6 heteroatoms. The van der Waals surface area contributed by atoms with Crippen molar-refractivity contribution in [1.29, 1.82) is 0 Å². The predicted octanol–water partition coefficient (Wildman–Crippen LogP) is 3.38. The Balaban J connectivity index is 1.45. The third-order valence-electron chi connectivity index (χ3n) is 9.21. The zero-order valence-corrected chi connectivity index (χ0v) is 22.2. The molecule has 37 heavy (non-hydrogen) atoms. The normalized spacial score (nSPS) is 31.1. The second kappa shape index (κ2) is 8.79. The van der Waals surface area contributed by atoms with Crippen molar-refractivity contribution >= 4 is 5.91 Å². The van der Waals surface area contributed by atoms with Gasteiger partial charge in [0.2, 0.25) is 0 Å². The van der Waals surface area contributed by atoms with Crippen molar-refractivity contribution in [2.45, 2.75) is 68.7 Å². The standard InChI is InChI=1S/C31H36N2O4/c1-20(2)19-33(26(34)13-10-21-8-6-5-7-9-21)23-14-15-31(35)25-18-22-11-12-24(36-4)28-27(22)30(31,29(23)37-28)16-17-32(25)3/h5-9,11-12,20,23,25,29,35H,14-19H2,1-4H3/t23-,25+,29-,30-,31+/m0/s1. The number of aliphatic hydroxyl groups is 1. The predicted molar refractivity (Wildman–Crippen MR) is 142 cm³/mol. The van der Waals surface area contributed by atoms with E-state index >= 15 is 0 Å². The Bertz CT molecular complexity index is 1280. The Morgan fingerprint density at radius 3 is 2.76 bits per heavy atom. The number of carbonyl (C=O) groups excluding carboxylic acids is 1. The van der Waals surface area contributed by atoms with E-state index in [2.05, 4.69) is 43.7 Å². The molecular formula is C31H36N2O4. The fraction of sp³-hybridized carbons (Fsp3) is 0.516. The van der Waals surface area contributed by atoms with Gasteiger partial charge < -0.3 is 24.4 Å². The number of hydrogen-bond donors (Lipinski definition) is 1. The summed E-state index contributed by atoms with van der Waals surface area (Å²) in [7, 11) is 3.79. The van der Waals surface area contributed by atoms with Gasteiger partial charge in [0.15, 0.2) is 11.5 Å². The molecule has 6 rings (SSSR count). The molecule has 2 aliphatic heterocycles. The van der Waals surface area contributed by atoms with Crippen molar-refractivity contribution in [2.24, 2.45) is 5.92 Å². The number of hydrogen-bond acceptors (Lipinski definition) is 5. The molecule has 0 unspecified atom stereocenters. The summed E-state index contributed by atoms with van der Waals surface area (Å²) in [4.78, 5) is 17.9. The summed E-state index contributed by atoms with van der Waals surface area (Å²) in [6, 6.07) is 13.6. The number of ether oxygens (including phenoxy) is 2. The van der Waals surface area contributed by atoms with Gasteiger partial charge in [0.05, 0.1) is 24.2 Å². The molecule has 2 aliphatic carbocycles. The minimum absolute atomic E-state index is 0.0206. The molecular weight excluding hydrogens is 464 g/mol. The lowest BCUT2D eigenvalue weighted by atomic mass is 9.48. The summed E-state index contributed by atoms with van der Waals surface area (Å²) in [5, 5.41) is 12.5. The molecule has 1 saturated heterocycles. The fourth-order valence-electron chi connectivity index (χ4n) is 7.68. The highest BCUT2D eigenvalue weighted by atomic mass is 16.5. The van der Waals surface area contributed by atoms with Crippen LogP contribution in [0.3, 0.4) is 0 Å². The Labute approximate surface area is 219 Å². The SMILES string of the molecule is COc1ccc2c3c1O[C@H]1[C@@H](N(CC(C)C)C(=O)C#Cc4ccccc4)CC[C@@]4(O)[C@@H](C2)N(C)CC[C@]314. The van der Waals surface area contributed by atoms with Crippen molar-refractivity contribution in [3.05, 3.63) is 59.2 Å². The number of carbonyl (C=O) groups is 1. The molecule has 0 radical (unpaired) electrons. The summed E-state index contributed by atoms with van der Waals surface area (Å²) in [6.07, 6.45) is 2.51. The molecule has 1 amide bonds. The molecule has 0 aromatic heterocycles. The van der Waals surface area contributed by atoms with Gasteiger partial charge in [-0.25, -0.2) is 0 Å². The van der Waals surface area contributed by atoms with Crippen LogP contribution in [0, 0.1) is 17.8 Å². The quantitative estimate of drug-likeness (QED) is 0.653. The van der Waals surface area contributed by atoms with Gasteiger partial charge in [-0.1, -0.05) is 44.0 Å². The Kier molecular flexibility index (Phi) is 5.78. The third-order valence-corrected chi connectivity index (χ3v) is 9.21. The summed E-state index contributed by atoms with van der Waals surface area (Å²) in [5.74, 6) is 7.52. The smallest absolute Gasteiger partial charge is 0.299 e. The minimum Gasteiger partial charge on any atom is -0.493 e. The number of nitrogens with zero attached hydrogens (tertiary/aromatic N) is 2. The van der Waals surface area contributed by atoms with Crippen LogP contribution in [-0.2, 0) is 16.6 Å². The lowest BCUT2D eigenvalue weighted by Crippen LogP contribution is -2.78. The number of rotatable bonds is 4. The summed E-state index contributed by atoms with van der Waals surface area (Å²) >= 11 is 0. The van der Waals surface area contributed by atoms with Crippen LogP contribution < -0.4 is 9.47 Å². The lowest BCUT2D eigenvalue weighted by Gasteiger charge is -2.64. The number of likely N-dealkylation sites (N-methyl/N-ethyl adjacent to an activating group) is 1. The van der Waals surface area contributed by atoms with Crippen LogP contribution >= 0.6 is 0 Å². The van der Waals surface area contributed by atoms with Gasteiger partial charge in [-0.15, -0.1) is 0 Å². The second-order valence-corrected chi connectivity index (χ2v) is 11.6. The van der Waals surface area contributed by atoms with E-state index in [1.54, 1.807) is 7.11 Å². The largest absolute Gasteiger partial charge is 0.493 e. The maximum Gasteiger partial charge on any atom is 0.299 e. The molecule has 5 atom stereocenters. The number of piperidine rings is 1. The van der Waals surface area contributed by atoms with E-state index in [0.717, 1.165) is 36.3 Å². The molecule has 1 spiro atoms. The van der Waals surface area contributed by atoms with E-state index in [0.29, 0.717) is 25.1 Å². The average Bonchev–Trinajstić information content (AvgIpc) is 3.24. The maximum absolute atomic E-state index is 13.7. The lowest BCUT2D eigenvalue weighted by molar-refractivity contribution is -0.197. The molecule has 2 fully saturated rings. The highest BCUT2D eigenvalue weighted by Gasteiger charge is 2.73. The first kappa shape index (κ1) is 24.3. The van der Waals surface area contributed by atoms with E-state index in [1.165, 1.54) is 5.56 Å². The molecule has 2 aromatic carbocycles. The van der Waals surface area contributed by atoms with E-state index in [1.807, 2.05) is 41.3 Å². The van der Waals surface area contributed by atoms with Crippen LogP contribution in [0.2, 0.25) is 0 Å². The summed E-state index contributed by atoms with van der Waals surface area (Å²) in [5.41, 5.74) is 1.66. The van der Waals surface area contributed by atoms with Gasteiger partial charge in [-0.2, -0.15) is 0 Å². The van der Waals surface area contributed by atoms with Crippen molar-refractivity contribution in [2.75, 3.05) is 27.2 Å². The van der Waals surface area contributed by atoms with Crippen LogP contribution in [0.5, 0.6) is 11.5 Å². The van der Waals surface area contributed by atoms with E-state index in [-0.39, 0.29) is 30.0 Å². The molecule has 2 bridgehead atoms. The Hall–Kier alpha value is -3.01. The first-order chi connectivity index (χ1) is 17.8. The monoisotopic (exact) mass is 500 g/mol. The van der Waals surface area contributed by atoms with Crippen molar-refractivity contribution < 1.29 is 19.4 Å². The average molecular weight is 501 g/mol. The first-order valence-electron chi connectivity index (χ1n) is 13.5. The van der Waals surface area contributed by atoms with Gasteiger partial charge in [-0.05, 0) is 69.0 Å². The maximum atomic E-state index is 13.7. The zero-order chi connectivity index (χ0) is 25.9. The van der Waals surface area contributed by atoms with Crippen molar-refractivity contribution in [1.82, 2.24) is 9.80 Å². The molecule has 2 aromatic rings. The Morgan fingerprint density at radius 1 is 1.24 bits per heavy atom. The zero-order valence-electron chi connectivity index (χ0n) is 22.2. The number of likely N-dealkylation sites (tertiary alicyclic amines) is 1. The van der Waals surface area contributed by atoms with E-state index < -0.39 is 11.0 Å². The third kappa shape index (κ3) is 3.44. The minimum atomic E-state index is -0.923. The van der Waals surface area contributed by atoms with E-state index in [4.69, 9.17) is 9.47 Å². The molecule has 1 N–H and O–H groups in total. The summed E-state index contributed by atoms with van der Waals surface area (Å²) in [6.45, 7) is 5.71. The van der Waals surface area contributed by atoms with Crippen molar-refractivity contribution in [3.8, 4) is 23.3 Å². The number of methoxy groups -OCH3 is 1. The molecule has 2 heterocycles. The van der Waals surface area contributed by atoms with E-state index in [9.17, 15) is 9.90 Å². The first-order valence-corrected chi connectivity index (χ1v) is 13.5. The molecule has 6 nitrogen and oxygen atoms in total. The van der Waals surface area contributed by atoms with Gasteiger partial charge in [0, 0.05) is 29.6 Å². The van der Waals surface area contributed by atoms with Gasteiger partial charge in [-0.3, -0.25) is 4.79 Å². The van der Waals surface area contributed by atoms with Crippen molar-refractivity contribution in [3.63, 3.8) is 0 Å². The summed E-state index contributed by atoms with van der Waals surface area (Å²) < 4.78 is 12.6. The fourth-order valence-corrected chi connectivity index (χ4v) is 7.68. The Morgan fingerprint density at radius 2 is 2.03 bits per heavy atom. The highest BCUT2D eigenvalue weighted by Crippen LogP contribution is 2.65. The number of amides is 1. The van der Waals surface area contributed by atoms with Crippen LogP contribution in [0.4, 0.5) is 0 Å². The number of benzene rings is 2.